The minimum absolute atomic E-state index is 0.00709. The van der Waals surface area contributed by atoms with Gasteiger partial charge in [-0.1, -0.05) is 23.2 Å². The molecule has 4 rings (SSSR count). The van der Waals surface area contributed by atoms with Crippen LogP contribution in [0.5, 0.6) is 0 Å². The molecule has 0 aliphatic carbocycles. The molecule has 2 amide bonds. The summed E-state index contributed by atoms with van der Waals surface area (Å²) in [6, 6.07) is 6.71. The van der Waals surface area contributed by atoms with Gasteiger partial charge in [0.05, 0.1) is 10.8 Å². The predicted octanol–water partition coefficient (Wildman–Crippen LogP) is 3.30. The summed E-state index contributed by atoms with van der Waals surface area (Å²) in [6.07, 6.45) is 5.01. The highest BCUT2D eigenvalue weighted by molar-refractivity contribution is 8.01. The van der Waals surface area contributed by atoms with Crippen molar-refractivity contribution in [2.45, 2.75) is 33.7 Å². The van der Waals surface area contributed by atoms with Gasteiger partial charge in [0.15, 0.2) is 12.4 Å². The number of fused-ring (bicyclic) bond motifs is 1. The summed E-state index contributed by atoms with van der Waals surface area (Å²) in [5, 5.41) is 22.6. The number of hydrogen-bond donors (Lipinski definition) is 3. The summed E-state index contributed by atoms with van der Waals surface area (Å²) in [7, 11) is -1.11. The van der Waals surface area contributed by atoms with E-state index in [-0.39, 0.29) is 29.5 Å². The number of nitrogens with zero attached hydrogens (tertiary/aromatic N) is 2. The number of β-lactam (4-membered cyclic amide) rings is 1. The molecule has 42 heavy (non-hydrogen) atoms. The zero-order chi connectivity index (χ0) is 30.6. The number of carbonyl (C=O) groups is 4. The van der Waals surface area contributed by atoms with Crippen molar-refractivity contribution in [3.8, 4) is 0 Å². The van der Waals surface area contributed by atoms with E-state index in [4.69, 9.17) is 23.2 Å². The number of pyridine rings is 1. The van der Waals surface area contributed by atoms with Crippen LogP contribution in [0.4, 0.5) is 0 Å². The molecule has 3 N–H and O–H groups in total. The first-order chi connectivity index (χ1) is 20.0. The molecule has 2 aliphatic heterocycles. The van der Waals surface area contributed by atoms with E-state index >= 15 is 0 Å². The lowest BCUT2D eigenvalue weighted by molar-refractivity contribution is -0.711. The fraction of sp³-hybridized carbons (Fsp3) is 0.346. The lowest BCUT2D eigenvalue weighted by atomic mass is 10.0. The maximum Gasteiger partial charge on any atom is 0.373 e. The molecule has 10 nitrogen and oxygen atoms in total. The minimum atomic E-state index is -1.22. The maximum absolute atomic E-state index is 13.0. The monoisotopic (exact) mass is 690 g/mol. The van der Waals surface area contributed by atoms with Crippen molar-refractivity contribution >= 4 is 93.0 Å². The third kappa shape index (κ3) is 7.83. The molecule has 1 unspecified atom stereocenters. The molecular weight excluding hydrogens is 665 g/mol. The molecule has 2 aliphatic rings. The Morgan fingerprint density at radius 3 is 2.55 bits per heavy atom. The summed E-state index contributed by atoms with van der Waals surface area (Å²) in [5.41, 5.74) is 0.495. The van der Waals surface area contributed by atoms with Crippen molar-refractivity contribution in [2.75, 3.05) is 29.3 Å². The number of hydrogen-bond acceptors (Lipinski definition) is 8. The highest BCUT2D eigenvalue weighted by atomic mass is 35.5. The lowest BCUT2D eigenvalue weighted by Crippen LogP contribution is -2.70. The van der Waals surface area contributed by atoms with Crippen LogP contribution in [0, 0.1) is 0 Å². The average molecular weight is 692 g/mol. The predicted molar refractivity (Wildman–Crippen MR) is 164 cm³/mol. The molecule has 2 aromatic rings. The number of thioether (sulfide) groups is 3. The molecule has 3 heterocycles. The Morgan fingerprint density at radius 2 is 1.90 bits per heavy atom. The van der Waals surface area contributed by atoms with Crippen molar-refractivity contribution in [3.63, 3.8) is 0 Å². The molecule has 0 bridgehead atoms. The summed E-state index contributed by atoms with van der Waals surface area (Å²) in [4.78, 5) is 52.0. The van der Waals surface area contributed by atoms with E-state index in [1.807, 2.05) is 0 Å². The maximum atomic E-state index is 13.0. The van der Waals surface area contributed by atoms with E-state index in [0.717, 1.165) is 4.90 Å². The molecule has 1 aromatic carbocycles. The number of aliphatic carboxylic acids is 2. The molecule has 1 fully saturated rings. The van der Waals surface area contributed by atoms with E-state index in [1.54, 1.807) is 42.7 Å². The van der Waals surface area contributed by atoms with Crippen LogP contribution >= 0.6 is 58.5 Å². The highest BCUT2D eigenvalue weighted by Crippen LogP contribution is 2.41. The number of nitrogens with one attached hydrogen (secondary N) is 1. The zero-order valence-electron chi connectivity index (χ0n) is 22.0. The van der Waals surface area contributed by atoms with Crippen LogP contribution in [-0.2, 0) is 30.0 Å². The van der Waals surface area contributed by atoms with Gasteiger partial charge in [-0.25, -0.2) is 9.59 Å². The van der Waals surface area contributed by atoms with Gasteiger partial charge in [-0.15, -0.1) is 35.3 Å². The van der Waals surface area contributed by atoms with Crippen LogP contribution in [0.25, 0.3) is 0 Å². The van der Waals surface area contributed by atoms with Crippen molar-refractivity contribution in [2.24, 2.45) is 0 Å². The molecule has 1 aromatic heterocycles. The Balaban J connectivity index is 1.36. The summed E-state index contributed by atoms with van der Waals surface area (Å²) in [5.74, 6) is -2.16. The van der Waals surface area contributed by atoms with Crippen LogP contribution in [0.1, 0.15) is 12.5 Å². The average Bonchev–Trinajstić information content (AvgIpc) is 2.95. The largest absolute Gasteiger partial charge is 0.477 e. The second-order valence-corrected chi connectivity index (χ2v) is 14.8. The number of rotatable bonds is 13. The number of carboxylic acids is 2. The number of benzene rings is 1. The molecule has 224 valence electrons. The summed E-state index contributed by atoms with van der Waals surface area (Å²) in [6.45, 7) is 0. The highest BCUT2D eigenvalue weighted by Gasteiger charge is 2.54. The molecule has 0 radical (unpaired) electrons. The lowest BCUT2D eigenvalue weighted by Gasteiger charge is -2.49. The first kappa shape index (κ1) is 32.7. The van der Waals surface area contributed by atoms with Gasteiger partial charge in [-0.3, -0.25) is 18.7 Å². The van der Waals surface area contributed by atoms with E-state index in [9.17, 15) is 33.6 Å². The van der Waals surface area contributed by atoms with Crippen LogP contribution < -0.4 is 9.88 Å². The van der Waals surface area contributed by atoms with E-state index in [1.165, 1.54) is 51.0 Å². The smallest absolute Gasteiger partial charge is 0.373 e. The number of carboxylic acid groups (broad SMARTS) is 2. The van der Waals surface area contributed by atoms with Crippen LogP contribution in [0.3, 0.4) is 0 Å². The number of halogens is 2. The van der Waals surface area contributed by atoms with Gasteiger partial charge < -0.3 is 15.5 Å². The van der Waals surface area contributed by atoms with Gasteiger partial charge in [0.2, 0.25) is 5.91 Å². The van der Waals surface area contributed by atoms with Crippen LogP contribution in [0.2, 0.25) is 10.0 Å². The Morgan fingerprint density at radius 1 is 1.19 bits per heavy atom. The van der Waals surface area contributed by atoms with Crippen molar-refractivity contribution in [1.82, 2.24) is 10.2 Å². The quantitative estimate of drug-likeness (QED) is 0.163. The second-order valence-electron chi connectivity index (χ2n) is 9.27. The molecule has 1 saturated heterocycles. The van der Waals surface area contributed by atoms with E-state index in [0.29, 0.717) is 32.0 Å². The first-order valence-electron chi connectivity index (χ1n) is 12.4. The van der Waals surface area contributed by atoms with Gasteiger partial charge in [0.1, 0.15) is 17.1 Å². The Bertz CT molecular complexity index is 1460. The Kier molecular flexibility index (Phi) is 11.3. The number of aromatic nitrogens is 1. The Hall–Kier alpha value is -2.23. The molecule has 4 atom stereocenters. The van der Waals surface area contributed by atoms with Crippen LogP contribution in [-0.4, -0.2) is 83.8 Å². The Labute approximate surface area is 267 Å². The fourth-order valence-corrected chi connectivity index (χ4v) is 8.55. The van der Waals surface area contributed by atoms with Gasteiger partial charge in [-0.2, -0.15) is 4.57 Å². The van der Waals surface area contributed by atoms with Crippen molar-refractivity contribution < 1.29 is 38.2 Å². The SMILES string of the molecule is CS(=O)CC[C@@H](C(=O)O)[n+]1ccc(SCC2=C(C(=O)O)N3C(=O)[C@@H](NC(=O)CSc4cc(Cl)ccc4Cl)[C@H]3SC2)cc1. The van der Waals surface area contributed by atoms with Crippen molar-refractivity contribution in [1.29, 1.82) is 0 Å². The number of amides is 2. The molecule has 0 saturated carbocycles. The topological polar surface area (TPSA) is 145 Å². The molecule has 0 spiro atoms. The van der Waals surface area contributed by atoms with Crippen LogP contribution in [0.15, 0.2) is 63.8 Å². The third-order valence-electron chi connectivity index (χ3n) is 6.38. The zero-order valence-corrected chi connectivity index (χ0v) is 26.8. The second kappa shape index (κ2) is 14.5. The molecular formula is C26H26Cl2N3O7S4+. The number of carbonyl (C=O) groups excluding carboxylic acids is 2. The minimum Gasteiger partial charge on any atom is -0.477 e. The standard InChI is InChI=1S/C26H25Cl2N3O7S4/c1-42(38)9-6-18(25(34)35)30-7-4-16(5-8-30)39-11-14-12-41-24-21(23(33)31(24)22(14)26(36)37)29-20(32)13-40-19-10-15(27)2-3-17(19)28/h2-5,7-8,10,18,21,24H,6,9,11-13H2,1H3,(H2-,29,32,34,35,36,37)/p+1/t18-,21+,24+,42?/m0/s1. The first-order valence-corrected chi connectivity index (χ1v) is 17.9. The fourth-order valence-electron chi connectivity index (χ4n) is 4.32. The van der Waals surface area contributed by atoms with Gasteiger partial charge >= 0.3 is 11.9 Å². The van der Waals surface area contributed by atoms with E-state index in [2.05, 4.69) is 5.32 Å². The van der Waals surface area contributed by atoms with Gasteiger partial charge in [-0.05, 0) is 23.8 Å². The molecule has 16 heteroatoms. The third-order valence-corrected chi connectivity index (χ3v) is 11.4. The van der Waals surface area contributed by atoms with E-state index < -0.39 is 46.1 Å². The summed E-state index contributed by atoms with van der Waals surface area (Å²) < 4.78 is 12.9. The van der Waals surface area contributed by atoms with Crippen molar-refractivity contribution in [3.05, 3.63) is 64.0 Å². The van der Waals surface area contributed by atoms with Gasteiger partial charge in [0, 0.05) is 67.7 Å². The normalized spacial score (nSPS) is 19.5. The van der Waals surface area contributed by atoms with Gasteiger partial charge in [0.25, 0.3) is 11.9 Å². The summed E-state index contributed by atoms with van der Waals surface area (Å²) >= 11 is 16.1.